The quantitative estimate of drug-likeness (QED) is 0.309. The molecule has 0 aromatic heterocycles. The van der Waals surface area contributed by atoms with Gasteiger partial charge in [0.2, 0.25) is 5.91 Å². The van der Waals surface area contributed by atoms with E-state index in [2.05, 4.69) is 15.9 Å². The number of carbonyl (C=O) groups is 1. The average Bonchev–Trinajstić information content (AvgIpc) is 2.50. The lowest BCUT2D eigenvalue weighted by molar-refractivity contribution is -0.128. The highest BCUT2D eigenvalue weighted by molar-refractivity contribution is 14.1. The molecule has 2 rings (SSSR count). The fourth-order valence-corrected chi connectivity index (χ4v) is 3.62. The summed E-state index contributed by atoms with van der Waals surface area (Å²) >= 11 is 6.99. The molecular weight excluding hydrogens is 503 g/mol. The van der Waals surface area contributed by atoms with Crippen molar-refractivity contribution < 1.29 is 18.3 Å². The number of thioether (sulfide) groups is 1. The molecule has 1 unspecified atom stereocenters. The molecule has 0 bridgehead atoms. The third-order valence-corrected chi connectivity index (χ3v) is 5.27. The summed E-state index contributed by atoms with van der Waals surface area (Å²) in [6.07, 6.45) is 1.73. The number of hydrogen-bond donors (Lipinski definition) is 0. The molecule has 1 atom stereocenters. The van der Waals surface area contributed by atoms with E-state index in [4.69, 9.17) is 4.74 Å². The van der Waals surface area contributed by atoms with Crippen molar-refractivity contribution in [2.24, 2.45) is 0 Å². The van der Waals surface area contributed by atoms with Gasteiger partial charge in [-0.05, 0) is 46.8 Å². The van der Waals surface area contributed by atoms with Gasteiger partial charge in [0, 0.05) is 15.7 Å². The SMILES string of the molecule is CSCOc1ccc(C2=CCC(I)C(=O)N2CC(F)F)c(Br)c1. The highest BCUT2D eigenvalue weighted by atomic mass is 127. The molecule has 1 aromatic rings. The molecule has 3 nitrogen and oxygen atoms in total. The number of hydrogen-bond acceptors (Lipinski definition) is 3. The fraction of sp³-hybridized carbons (Fsp3) is 0.400. The molecule has 0 saturated heterocycles. The lowest BCUT2D eigenvalue weighted by Gasteiger charge is -2.31. The largest absolute Gasteiger partial charge is 0.483 e. The molecule has 0 saturated carbocycles. The molecule has 1 aliphatic rings. The van der Waals surface area contributed by atoms with Crippen LogP contribution in [0, 0.1) is 0 Å². The molecule has 0 N–H and O–H groups in total. The summed E-state index contributed by atoms with van der Waals surface area (Å²) in [6, 6.07) is 5.34. The van der Waals surface area contributed by atoms with Gasteiger partial charge >= 0.3 is 0 Å². The van der Waals surface area contributed by atoms with Crippen LogP contribution in [0.2, 0.25) is 0 Å². The van der Waals surface area contributed by atoms with E-state index in [1.807, 2.05) is 34.9 Å². The van der Waals surface area contributed by atoms with E-state index in [1.165, 1.54) is 4.90 Å². The highest BCUT2D eigenvalue weighted by Gasteiger charge is 2.31. The summed E-state index contributed by atoms with van der Waals surface area (Å²) in [5.41, 5.74) is 1.23. The fourth-order valence-electron chi connectivity index (χ4n) is 2.22. The van der Waals surface area contributed by atoms with Crippen LogP contribution in [0.4, 0.5) is 8.78 Å². The average molecular weight is 518 g/mol. The molecule has 1 amide bonds. The molecule has 0 radical (unpaired) electrons. The van der Waals surface area contributed by atoms with Crippen molar-refractivity contribution in [2.45, 2.75) is 16.8 Å². The van der Waals surface area contributed by atoms with Crippen molar-refractivity contribution >= 4 is 61.9 Å². The van der Waals surface area contributed by atoms with Gasteiger partial charge in [0.1, 0.15) is 11.7 Å². The van der Waals surface area contributed by atoms with Crippen LogP contribution >= 0.6 is 50.3 Å². The minimum Gasteiger partial charge on any atom is -0.483 e. The number of allylic oxidation sites excluding steroid dienone is 1. The van der Waals surface area contributed by atoms with E-state index < -0.39 is 13.0 Å². The molecule has 0 spiro atoms. The summed E-state index contributed by atoms with van der Waals surface area (Å²) in [5, 5.41) is 0. The Morgan fingerprint density at radius 3 is 2.87 bits per heavy atom. The third kappa shape index (κ3) is 4.82. The number of rotatable bonds is 6. The van der Waals surface area contributed by atoms with Gasteiger partial charge in [-0.2, -0.15) is 0 Å². The molecule has 1 aliphatic heterocycles. The summed E-state index contributed by atoms with van der Waals surface area (Å²) in [6.45, 7) is -0.596. The van der Waals surface area contributed by atoms with Gasteiger partial charge in [-0.1, -0.05) is 28.7 Å². The van der Waals surface area contributed by atoms with Gasteiger partial charge in [-0.25, -0.2) is 8.78 Å². The first kappa shape index (κ1) is 19.0. The predicted molar refractivity (Wildman–Crippen MR) is 101 cm³/mol. The van der Waals surface area contributed by atoms with E-state index in [9.17, 15) is 13.6 Å². The Morgan fingerprint density at radius 1 is 1.52 bits per heavy atom. The first-order valence-electron chi connectivity index (χ1n) is 6.79. The summed E-state index contributed by atoms with van der Waals surface area (Å²) in [4.78, 5) is 13.4. The van der Waals surface area contributed by atoms with Gasteiger partial charge in [0.25, 0.3) is 6.43 Å². The van der Waals surface area contributed by atoms with Crippen molar-refractivity contribution in [1.29, 1.82) is 0 Å². The second kappa shape index (κ2) is 8.66. The molecule has 8 heteroatoms. The zero-order valence-corrected chi connectivity index (χ0v) is 16.8. The normalized spacial score (nSPS) is 18.3. The minimum absolute atomic E-state index is 0.280. The van der Waals surface area contributed by atoms with E-state index in [-0.39, 0.29) is 9.83 Å². The third-order valence-electron chi connectivity index (χ3n) is 3.22. The van der Waals surface area contributed by atoms with Crippen molar-refractivity contribution in [2.75, 3.05) is 18.7 Å². The van der Waals surface area contributed by atoms with Gasteiger partial charge in [0.05, 0.1) is 10.5 Å². The number of alkyl halides is 3. The number of benzene rings is 1. The maximum Gasteiger partial charge on any atom is 0.256 e. The van der Waals surface area contributed by atoms with Crippen LogP contribution in [0.3, 0.4) is 0 Å². The van der Waals surface area contributed by atoms with Crippen molar-refractivity contribution in [3.05, 3.63) is 34.3 Å². The van der Waals surface area contributed by atoms with Gasteiger partial charge in [-0.15, -0.1) is 11.8 Å². The van der Waals surface area contributed by atoms with Crippen LogP contribution in [0.5, 0.6) is 5.75 Å². The van der Waals surface area contributed by atoms with Crippen LogP contribution in [-0.2, 0) is 4.79 Å². The smallest absolute Gasteiger partial charge is 0.256 e. The second-order valence-electron chi connectivity index (χ2n) is 4.83. The standard InChI is InChI=1S/C15H15BrF2INO2S/c1-23-8-22-9-2-3-10(11(16)6-9)13-5-4-12(19)15(21)20(13)7-14(17)18/h2-3,5-6,12,14H,4,7-8H2,1H3. The van der Waals surface area contributed by atoms with Crippen molar-refractivity contribution in [1.82, 2.24) is 4.90 Å². The number of nitrogens with zero attached hydrogens (tertiary/aromatic N) is 1. The molecule has 126 valence electrons. The van der Waals surface area contributed by atoms with E-state index >= 15 is 0 Å². The van der Waals surface area contributed by atoms with Crippen LogP contribution in [0.1, 0.15) is 12.0 Å². The van der Waals surface area contributed by atoms with Crippen LogP contribution in [0.15, 0.2) is 28.7 Å². The molecule has 1 aromatic carbocycles. The van der Waals surface area contributed by atoms with E-state index in [0.717, 1.165) is 0 Å². The monoisotopic (exact) mass is 517 g/mol. The number of amides is 1. The van der Waals surface area contributed by atoms with Gasteiger partial charge in [0.15, 0.2) is 0 Å². The Morgan fingerprint density at radius 2 is 2.26 bits per heavy atom. The zero-order chi connectivity index (χ0) is 17.0. The molecule has 23 heavy (non-hydrogen) atoms. The van der Waals surface area contributed by atoms with Gasteiger partial charge in [-0.3, -0.25) is 4.79 Å². The Bertz CT molecular complexity index is 615. The zero-order valence-electron chi connectivity index (χ0n) is 12.3. The molecular formula is C15H15BrF2INO2S. The Balaban J connectivity index is 2.32. The Hall–Kier alpha value is -0.350. The Labute approximate surface area is 160 Å². The number of ether oxygens (including phenoxy) is 1. The summed E-state index contributed by atoms with van der Waals surface area (Å²) in [5.74, 6) is 0.934. The van der Waals surface area contributed by atoms with Crippen molar-refractivity contribution in [3.63, 3.8) is 0 Å². The first-order chi connectivity index (χ1) is 10.9. The lowest BCUT2D eigenvalue weighted by Crippen LogP contribution is -2.40. The van der Waals surface area contributed by atoms with E-state index in [1.54, 1.807) is 30.0 Å². The Kier molecular flexibility index (Phi) is 7.15. The number of halogens is 4. The van der Waals surface area contributed by atoms with E-state index in [0.29, 0.717) is 33.8 Å². The highest BCUT2D eigenvalue weighted by Crippen LogP contribution is 2.35. The van der Waals surface area contributed by atoms with Crippen LogP contribution < -0.4 is 4.74 Å². The minimum atomic E-state index is -2.58. The van der Waals surface area contributed by atoms with Crippen molar-refractivity contribution in [3.8, 4) is 5.75 Å². The topological polar surface area (TPSA) is 29.5 Å². The van der Waals surface area contributed by atoms with Crippen LogP contribution in [-0.4, -0.2) is 39.9 Å². The number of carbonyl (C=O) groups excluding carboxylic acids is 1. The maximum atomic E-state index is 12.9. The maximum absolute atomic E-state index is 12.9. The molecule has 0 aliphatic carbocycles. The lowest BCUT2D eigenvalue weighted by atomic mass is 10.0. The molecule has 0 fully saturated rings. The summed E-state index contributed by atoms with van der Waals surface area (Å²) in [7, 11) is 0. The van der Waals surface area contributed by atoms with Crippen LogP contribution in [0.25, 0.3) is 5.70 Å². The second-order valence-corrected chi connectivity index (χ2v) is 8.00. The predicted octanol–water partition coefficient (Wildman–Crippen LogP) is 4.79. The van der Waals surface area contributed by atoms with Gasteiger partial charge < -0.3 is 9.64 Å². The molecule has 1 heterocycles. The first-order valence-corrected chi connectivity index (χ1v) is 10.2. The summed E-state index contributed by atoms with van der Waals surface area (Å²) < 4.78 is 31.6.